The summed E-state index contributed by atoms with van der Waals surface area (Å²) in [6.45, 7) is 5.62. The van der Waals surface area contributed by atoms with Gasteiger partial charge in [-0.05, 0) is 12.5 Å². The standard InChI is InChI=1S/C15H22N2O3/c1-12(18)17-8-4-7-16(9-10-17)11-13-5-3-6-14(20-2)15(13)19/h3,5-6,19H,4,7-11H2,1-2H3. The molecule has 5 nitrogen and oxygen atoms in total. The molecule has 0 radical (unpaired) electrons. The first kappa shape index (κ1) is 14.7. The molecule has 1 N–H and O–H groups in total. The first-order valence-electron chi connectivity index (χ1n) is 6.94. The molecule has 1 heterocycles. The van der Waals surface area contributed by atoms with Gasteiger partial charge in [0, 0.05) is 45.2 Å². The van der Waals surface area contributed by atoms with Crippen molar-refractivity contribution in [1.29, 1.82) is 0 Å². The molecule has 0 atom stereocenters. The average Bonchev–Trinajstić information content (AvgIpc) is 2.67. The van der Waals surface area contributed by atoms with Crippen molar-refractivity contribution in [3.05, 3.63) is 23.8 Å². The number of aromatic hydroxyl groups is 1. The zero-order chi connectivity index (χ0) is 14.5. The lowest BCUT2D eigenvalue weighted by Gasteiger charge is -2.21. The van der Waals surface area contributed by atoms with Crippen LogP contribution in [0.2, 0.25) is 0 Å². The molecule has 5 heteroatoms. The Labute approximate surface area is 119 Å². The summed E-state index contributed by atoms with van der Waals surface area (Å²) in [5, 5.41) is 10.1. The Bertz CT molecular complexity index is 476. The van der Waals surface area contributed by atoms with Gasteiger partial charge in [-0.3, -0.25) is 9.69 Å². The predicted molar refractivity (Wildman–Crippen MR) is 76.8 cm³/mol. The molecule has 0 unspecified atom stereocenters. The summed E-state index contributed by atoms with van der Waals surface area (Å²) in [4.78, 5) is 15.5. The molecule has 2 rings (SSSR count). The molecular formula is C15H22N2O3. The Kier molecular flexibility index (Phi) is 4.84. The second kappa shape index (κ2) is 6.61. The van der Waals surface area contributed by atoms with E-state index < -0.39 is 0 Å². The normalized spacial score (nSPS) is 16.8. The molecule has 1 saturated heterocycles. The third-order valence-electron chi connectivity index (χ3n) is 3.73. The lowest BCUT2D eigenvalue weighted by molar-refractivity contribution is -0.128. The van der Waals surface area contributed by atoms with Crippen molar-refractivity contribution >= 4 is 5.91 Å². The van der Waals surface area contributed by atoms with Crippen molar-refractivity contribution in [2.75, 3.05) is 33.3 Å². The first-order chi connectivity index (χ1) is 9.61. The Hall–Kier alpha value is -1.75. The fourth-order valence-corrected chi connectivity index (χ4v) is 2.54. The Morgan fingerprint density at radius 2 is 2.10 bits per heavy atom. The molecule has 1 fully saturated rings. The Morgan fingerprint density at radius 1 is 1.30 bits per heavy atom. The van der Waals surface area contributed by atoms with E-state index in [1.807, 2.05) is 17.0 Å². The fraction of sp³-hybridized carbons (Fsp3) is 0.533. The van der Waals surface area contributed by atoms with Gasteiger partial charge in [0.05, 0.1) is 7.11 Å². The minimum atomic E-state index is 0.135. The van der Waals surface area contributed by atoms with Crippen LogP contribution in [0.15, 0.2) is 18.2 Å². The average molecular weight is 278 g/mol. The topological polar surface area (TPSA) is 53.0 Å². The first-order valence-corrected chi connectivity index (χ1v) is 6.94. The number of phenolic OH excluding ortho intramolecular Hbond substituents is 1. The maximum Gasteiger partial charge on any atom is 0.219 e. The number of carbonyl (C=O) groups is 1. The van der Waals surface area contributed by atoms with Crippen LogP contribution in [0.4, 0.5) is 0 Å². The van der Waals surface area contributed by atoms with E-state index in [-0.39, 0.29) is 11.7 Å². The lowest BCUT2D eigenvalue weighted by Crippen LogP contribution is -2.33. The van der Waals surface area contributed by atoms with Crippen molar-refractivity contribution in [2.45, 2.75) is 19.9 Å². The number of hydrogen-bond acceptors (Lipinski definition) is 4. The van der Waals surface area contributed by atoms with E-state index in [0.29, 0.717) is 12.3 Å². The van der Waals surface area contributed by atoms with E-state index in [0.717, 1.165) is 38.2 Å². The van der Waals surface area contributed by atoms with Crippen LogP contribution in [0.3, 0.4) is 0 Å². The number of methoxy groups -OCH3 is 1. The summed E-state index contributed by atoms with van der Waals surface area (Å²) in [6, 6.07) is 5.54. The van der Waals surface area contributed by atoms with E-state index in [2.05, 4.69) is 4.90 Å². The molecule has 110 valence electrons. The highest BCUT2D eigenvalue weighted by atomic mass is 16.5. The largest absolute Gasteiger partial charge is 0.504 e. The molecule has 20 heavy (non-hydrogen) atoms. The maximum atomic E-state index is 11.4. The number of amides is 1. The summed E-state index contributed by atoms with van der Waals surface area (Å²) < 4.78 is 5.13. The van der Waals surface area contributed by atoms with Gasteiger partial charge in [0.25, 0.3) is 0 Å². The van der Waals surface area contributed by atoms with Crippen molar-refractivity contribution < 1.29 is 14.6 Å². The summed E-state index contributed by atoms with van der Waals surface area (Å²) in [6.07, 6.45) is 0.963. The van der Waals surface area contributed by atoms with Crippen LogP contribution in [0.25, 0.3) is 0 Å². The zero-order valence-corrected chi connectivity index (χ0v) is 12.1. The molecular weight excluding hydrogens is 256 g/mol. The van der Waals surface area contributed by atoms with E-state index >= 15 is 0 Å². The number of benzene rings is 1. The van der Waals surface area contributed by atoms with Crippen molar-refractivity contribution in [3.63, 3.8) is 0 Å². The SMILES string of the molecule is COc1cccc(CN2CCCN(C(C)=O)CC2)c1O. The van der Waals surface area contributed by atoms with Crippen LogP contribution in [-0.2, 0) is 11.3 Å². The van der Waals surface area contributed by atoms with Crippen LogP contribution in [0, 0.1) is 0 Å². The highest BCUT2D eigenvalue weighted by Crippen LogP contribution is 2.30. The number of hydrogen-bond donors (Lipinski definition) is 1. The van der Waals surface area contributed by atoms with Gasteiger partial charge in [-0.25, -0.2) is 0 Å². The van der Waals surface area contributed by atoms with Crippen LogP contribution >= 0.6 is 0 Å². The summed E-state index contributed by atoms with van der Waals surface area (Å²) in [7, 11) is 1.55. The molecule has 1 amide bonds. The highest BCUT2D eigenvalue weighted by molar-refractivity contribution is 5.73. The number of ether oxygens (including phenoxy) is 1. The third-order valence-corrected chi connectivity index (χ3v) is 3.73. The molecule has 1 aromatic rings. The number of para-hydroxylation sites is 1. The number of nitrogens with zero attached hydrogens (tertiary/aromatic N) is 2. The van der Waals surface area contributed by atoms with Gasteiger partial charge in [-0.2, -0.15) is 0 Å². The van der Waals surface area contributed by atoms with Gasteiger partial charge in [0.1, 0.15) is 0 Å². The van der Waals surface area contributed by atoms with Crippen LogP contribution in [-0.4, -0.2) is 54.1 Å². The predicted octanol–water partition coefficient (Wildman–Crippen LogP) is 1.45. The minimum Gasteiger partial charge on any atom is -0.504 e. The third kappa shape index (κ3) is 3.42. The van der Waals surface area contributed by atoms with Gasteiger partial charge in [-0.1, -0.05) is 12.1 Å². The van der Waals surface area contributed by atoms with Gasteiger partial charge >= 0.3 is 0 Å². The van der Waals surface area contributed by atoms with E-state index in [1.165, 1.54) is 0 Å². The summed E-state index contributed by atoms with van der Waals surface area (Å²) >= 11 is 0. The van der Waals surface area contributed by atoms with Gasteiger partial charge in [0.2, 0.25) is 5.91 Å². The zero-order valence-electron chi connectivity index (χ0n) is 12.1. The Balaban J connectivity index is 2.02. The minimum absolute atomic E-state index is 0.135. The smallest absolute Gasteiger partial charge is 0.219 e. The van der Waals surface area contributed by atoms with E-state index in [4.69, 9.17) is 4.74 Å². The fourth-order valence-electron chi connectivity index (χ4n) is 2.54. The van der Waals surface area contributed by atoms with Gasteiger partial charge in [-0.15, -0.1) is 0 Å². The maximum absolute atomic E-state index is 11.4. The molecule has 0 aromatic heterocycles. The molecule has 0 saturated carbocycles. The second-order valence-electron chi connectivity index (χ2n) is 5.10. The van der Waals surface area contributed by atoms with Crippen LogP contribution in [0.1, 0.15) is 18.9 Å². The molecule has 0 aliphatic carbocycles. The van der Waals surface area contributed by atoms with Crippen molar-refractivity contribution in [2.24, 2.45) is 0 Å². The molecule has 0 bridgehead atoms. The molecule has 1 aromatic carbocycles. The Morgan fingerprint density at radius 3 is 2.80 bits per heavy atom. The van der Waals surface area contributed by atoms with Crippen molar-refractivity contribution in [1.82, 2.24) is 9.80 Å². The summed E-state index contributed by atoms with van der Waals surface area (Å²) in [5.41, 5.74) is 0.862. The van der Waals surface area contributed by atoms with Gasteiger partial charge in [0.15, 0.2) is 11.5 Å². The van der Waals surface area contributed by atoms with E-state index in [9.17, 15) is 9.90 Å². The van der Waals surface area contributed by atoms with Crippen LogP contribution in [0.5, 0.6) is 11.5 Å². The van der Waals surface area contributed by atoms with E-state index in [1.54, 1.807) is 20.1 Å². The van der Waals surface area contributed by atoms with Gasteiger partial charge < -0.3 is 14.7 Å². The second-order valence-corrected chi connectivity index (χ2v) is 5.10. The number of phenols is 1. The van der Waals surface area contributed by atoms with Crippen molar-refractivity contribution in [3.8, 4) is 11.5 Å². The molecule has 1 aliphatic rings. The number of carbonyl (C=O) groups excluding carboxylic acids is 1. The number of rotatable bonds is 3. The molecule has 1 aliphatic heterocycles. The molecule has 0 spiro atoms. The lowest BCUT2D eigenvalue weighted by atomic mass is 10.1. The van der Waals surface area contributed by atoms with Crippen LogP contribution < -0.4 is 4.74 Å². The monoisotopic (exact) mass is 278 g/mol. The highest BCUT2D eigenvalue weighted by Gasteiger charge is 2.18. The summed E-state index contributed by atoms with van der Waals surface area (Å²) in [5.74, 6) is 0.849. The quantitative estimate of drug-likeness (QED) is 0.909.